The number of carbonyl (C=O) groups is 2. The molecule has 0 bridgehead atoms. The average molecular weight is 373 g/mol. The van der Waals surface area contributed by atoms with Crippen LogP contribution in [0.2, 0.25) is 0 Å². The Morgan fingerprint density at radius 3 is 2.15 bits per heavy atom. The van der Waals surface area contributed by atoms with Crippen LogP contribution in [0, 0.1) is 0 Å². The molecule has 0 aromatic heterocycles. The van der Waals surface area contributed by atoms with Gasteiger partial charge < -0.3 is 16.0 Å². The van der Waals surface area contributed by atoms with E-state index in [1.807, 2.05) is 18.2 Å². The Kier molecular flexibility index (Phi) is 5.22. The van der Waals surface area contributed by atoms with Crippen molar-refractivity contribution in [2.24, 2.45) is 0 Å². The number of urea groups is 1. The highest BCUT2D eigenvalue weighted by atomic mass is 32.2. The van der Waals surface area contributed by atoms with E-state index in [0.29, 0.717) is 23.4 Å². The predicted octanol–water partition coefficient (Wildman–Crippen LogP) is 2.25. The molecule has 1 saturated heterocycles. The zero-order valence-corrected chi connectivity index (χ0v) is 14.8. The third-order valence-electron chi connectivity index (χ3n) is 4.00. The summed E-state index contributed by atoms with van der Waals surface area (Å²) >= 11 is 0. The van der Waals surface area contributed by atoms with E-state index in [1.54, 1.807) is 36.4 Å². The Balaban J connectivity index is 1.54. The lowest BCUT2D eigenvalue weighted by atomic mass is 10.2. The summed E-state index contributed by atoms with van der Waals surface area (Å²) in [5, 5.41) is 8.06. The van der Waals surface area contributed by atoms with Crippen molar-refractivity contribution in [3.8, 4) is 0 Å². The number of carbonyl (C=O) groups excluding carboxylic acids is 2. The molecule has 0 radical (unpaired) electrons. The Labute approximate surface area is 151 Å². The summed E-state index contributed by atoms with van der Waals surface area (Å²) in [5.41, 5.74) is 1.67. The minimum absolute atomic E-state index is 0.0288. The second kappa shape index (κ2) is 7.57. The number of sulfone groups is 1. The first kappa shape index (κ1) is 17.9. The molecule has 8 heteroatoms. The fourth-order valence-corrected chi connectivity index (χ4v) is 4.36. The molecule has 0 spiro atoms. The fourth-order valence-electron chi connectivity index (χ4n) is 2.69. The van der Waals surface area contributed by atoms with Gasteiger partial charge in [-0.2, -0.15) is 0 Å². The van der Waals surface area contributed by atoms with Gasteiger partial charge >= 0.3 is 6.03 Å². The molecule has 1 atom stereocenters. The van der Waals surface area contributed by atoms with Gasteiger partial charge in [0.2, 0.25) is 0 Å². The molecule has 1 aliphatic rings. The van der Waals surface area contributed by atoms with E-state index >= 15 is 0 Å². The molecule has 1 aliphatic heterocycles. The van der Waals surface area contributed by atoms with Gasteiger partial charge in [-0.3, -0.25) is 4.79 Å². The Hall–Kier alpha value is -2.87. The number of benzene rings is 2. The van der Waals surface area contributed by atoms with Crippen LogP contribution < -0.4 is 16.0 Å². The molecule has 0 saturated carbocycles. The largest absolute Gasteiger partial charge is 0.334 e. The van der Waals surface area contributed by atoms with Crippen LogP contribution >= 0.6 is 0 Å². The molecule has 2 aromatic carbocycles. The first-order valence-electron chi connectivity index (χ1n) is 8.16. The minimum atomic E-state index is -3.04. The van der Waals surface area contributed by atoms with Crippen molar-refractivity contribution in [2.45, 2.75) is 12.5 Å². The van der Waals surface area contributed by atoms with Crippen molar-refractivity contribution in [3.05, 3.63) is 60.2 Å². The van der Waals surface area contributed by atoms with Gasteiger partial charge in [0.25, 0.3) is 5.91 Å². The molecule has 3 amide bonds. The van der Waals surface area contributed by atoms with Gasteiger partial charge in [0, 0.05) is 23.0 Å². The summed E-state index contributed by atoms with van der Waals surface area (Å²) in [7, 11) is -3.04. The molecule has 7 nitrogen and oxygen atoms in total. The van der Waals surface area contributed by atoms with Gasteiger partial charge in [-0.15, -0.1) is 0 Å². The average Bonchev–Trinajstić information content (AvgIpc) is 2.94. The molecule has 3 N–H and O–H groups in total. The van der Waals surface area contributed by atoms with Crippen molar-refractivity contribution in [1.82, 2.24) is 5.32 Å². The Morgan fingerprint density at radius 1 is 0.885 bits per heavy atom. The van der Waals surface area contributed by atoms with Crippen LogP contribution in [0.5, 0.6) is 0 Å². The van der Waals surface area contributed by atoms with Crippen LogP contribution in [-0.2, 0) is 9.84 Å². The summed E-state index contributed by atoms with van der Waals surface area (Å²) < 4.78 is 22.8. The normalized spacial score (nSPS) is 18.1. The van der Waals surface area contributed by atoms with E-state index in [9.17, 15) is 18.0 Å². The summed E-state index contributed by atoms with van der Waals surface area (Å²) in [6.45, 7) is 0. The molecule has 0 unspecified atom stereocenters. The number of nitrogens with one attached hydrogen (secondary N) is 3. The van der Waals surface area contributed by atoms with Crippen LogP contribution in [0.25, 0.3) is 0 Å². The molecule has 1 heterocycles. The van der Waals surface area contributed by atoms with Crippen LogP contribution in [0.3, 0.4) is 0 Å². The zero-order chi connectivity index (χ0) is 18.6. The van der Waals surface area contributed by atoms with Crippen molar-refractivity contribution in [3.63, 3.8) is 0 Å². The van der Waals surface area contributed by atoms with Crippen LogP contribution in [-0.4, -0.2) is 37.9 Å². The molecule has 3 rings (SSSR count). The van der Waals surface area contributed by atoms with Gasteiger partial charge in [0.1, 0.15) is 0 Å². The lowest BCUT2D eigenvalue weighted by Crippen LogP contribution is -2.38. The quantitative estimate of drug-likeness (QED) is 0.764. The van der Waals surface area contributed by atoms with Crippen molar-refractivity contribution in [2.75, 3.05) is 22.1 Å². The topological polar surface area (TPSA) is 104 Å². The summed E-state index contributed by atoms with van der Waals surface area (Å²) in [4.78, 5) is 24.1. The Morgan fingerprint density at radius 2 is 1.54 bits per heavy atom. The van der Waals surface area contributed by atoms with Gasteiger partial charge in [-0.25, -0.2) is 13.2 Å². The Bertz CT molecular complexity index is 896. The SMILES string of the molecule is O=C(Nc1ccc(C(=O)Nc2ccccc2)cc1)N[C@@H]1CCS(=O)(=O)C1. The molecular weight excluding hydrogens is 354 g/mol. The molecule has 0 aliphatic carbocycles. The van der Waals surface area contributed by atoms with E-state index in [2.05, 4.69) is 16.0 Å². The lowest BCUT2D eigenvalue weighted by Gasteiger charge is -2.12. The molecule has 26 heavy (non-hydrogen) atoms. The summed E-state index contributed by atoms with van der Waals surface area (Å²) in [6.07, 6.45) is 0.425. The highest BCUT2D eigenvalue weighted by Crippen LogP contribution is 2.14. The smallest absolute Gasteiger partial charge is 0.319 e. The van der Waals surface area contributed by atoms with Crippen molar-refractivity contribution < 1.29 is 18.0 Å². The fraction of sp³-hybridized carbons (Fsp3) is 0.222. The maximum atomic E-state index is 12.2. The van der Waals surface area contributed by atoms with Crippen molar-refractivity contribution in [1.29, 1.82) is 0 Å². The minimum Gasteiger partial charge on any atom is -0.334 e. The standard InChI is InChI=1S/C18H19N3O4S/c22-17(19-14-4-2-1-3-5-14)13-6-8-15(9-7-13)20-18(23)21-16-10-11-26(24,25)12-16/h1-9,16H,10-12H2,(H,19,22)(H2,20,21,23)/t16-/m1/s1. The number of hydrogen-bond acceptors (Lipinski definition) is 4. The van der Waals surface area contributed by atoms with Gasteiger partial charge in [0.15, 0.2) is 9.84 Å². The van der Waals surface area contributed by atoms with Gasteiger partial charge in [0.05, 0.1) is 11.5 Å². The van der Waals surface area contributed by atoms with E-state index in [1.165, 1.54) is 0 Å². The van der Waals surface area contributed by atoms with Crippen LogP contribution in [0.15, 0.2) is 54.6 Å². The second-order valence-electron chi connectivity index (χ2n) is 6.10. The molecule has 1 fully saturated rings. The van der Waals surface area contributed by atoms with Gasteiger partial charge in [-0.05, 0) is 42.8 Å². The van der Waals surface area contributed by atoms with Crippen LogP contribution in [0.4, 0.5) is 16.2 Å². The number of anilines is 2. The van der Waals surface area contributed by atoms with E-state index in [-0.39, 0.29) is 23.5 Å². The first-order valence-corrected chi connectivity index (χ1v) is 9.98. The third kappa shape index (κ3) is 4.82. The molecule has 136 valence electrons. The maximum absolute atomic E-state index is 12.2. The summed E-state index contributed by atoms with van der Waals surface area (Å²) in [5.74, 6) is -0.175. The van der Waals surface area contributed by atoms with E-state index in [4.69, 9.17) is 0 Å². The monoisotopic (exact) mass is 373 g/mol. The number of hydrogen-bond donors (Lipinski definition) is 3. The number of rotatable bonds is 4. The number of amides is 3. The second-order valence-corrected chi connectivity index (χ2v) is 8.32. The van der Waals surface area contributed by atoms with E-state index < -0.39 is 15.9 Å². The highest BCUT2D eigenvalue weighted by Gasteiger charge is 2.28. The highest BCUT2D eigenvalue weighted by molar-refractivity contribution is 7.91. The van der Waals surface area contributed by atoms with E-state index in [0.717, 1.165) is 0 Å². The first-order chi connectivity index (χ1) is 12.4. The third-order valence-corrected chi connectivity index (χ3v) is 5.77. The predicted molar refractivity (Wildman–Crippen MR) is 100 cm³/mol. The zero-order valence-electron chi connectivity index (χ0n) is 13.9. The van der Waals surface area contributed by atoms with Crippen molar-refractivity contribution >= 4 is 33.2 Å². The summed E-state index contributed by atoms with van der Waals surface area (Å²) in [6, 6.07) is 14.7. The molecular formula is C18H19N3O4S. The van der Waals surface area contributed by atoms with Gasteiger partial charge in [-0.1, -0.05) is 18.2 Å². The maximum Gasteiger partial charge on any atom is 0.319 e. The number of para-hydroxylation sites is 1. The molecule has 2 aromatic rings. The lowest BCUT2D eigenvalue weighted by molar-refractivity contribution is 0.102. The van der Waals surface area contributed by atoms with Crippen LogP contribution in [0.1, 0.15) is 16.8 Å².